The SMILES string of the molecule is OCCc1cnc2c(Cl)cc(F)cc2c1Cl. The second-order valence-electron chi connectivity index (χ2n) is 3.35. The first-order valence-corrected chi connectivity index (χ1v) is 5.42. The van der Waals surface area contributed by atoms with Gasteiger partial charge in [-0.15, -0.1) is 0 Å². The number of pyridine rings is 1. The summed E-state index contributed by atoms with van der Waals surface area (Å²) in [6.07, 6.45) is 1.93. The largest absolute Gasteiger partial charge is 0.396 e. The summed E-state index contributed by atoms with van der Waals surface area (Å²) in [7, 11) is 0. The van der Waals surface area contributed by atoms with Gasteiger partial charge in [0.05, 0.1) is 15.6 Å². The predicted octanol–water partition coefficient (Wildman–Crippen LogP) is 3.22. The van der Waals surface area contributed by atoms with Crippen LogP contribution in [-0.4, -0.2) is 16.7 Å². The monoisotopic (exact) mass is 259 g/mol. The van der Waals surface area contributed by atoms with Gasteiger partial charge in [0.15, 0.2) is 0 Å². The molecule has 0 fully saturated rings. The van der Waals surface area contributed by atoms with Crippen molar-refractivity contribution in [1.82, 2.24) is 4.98 Å². The van der Waals surface area contributed by atoms with Crippen LogP contribution in [-0.2, 0) is 6.42 Å². The highest BCUT2D eigenvalue weighted by atomic mass is 35.5. The Labute approximate surface area is 102 Å². The number of halogens is 3. The van der Waals surface area contributed by atoms with E-state index in [0.29, 0.717) is 27.9 Å². The van der Waals surface area contributed by atoms with Gasteiger partial charge < -0.3 is 5.11 Å². The number of nitrogens with zero attached hydrogens (tertiary/aromatic N) is 1. The molecule has 0 saturated carbocycles. The van der Waals surface area contributed by atoms with Crippen LogP contribution in [0.15, 0.2) is 18.3 Å². The third kappa shape index (κ3) is 1.98. The van der Waals surface area contributed by atoms with Crippen LogP contribution in [0.5, 0.6) is 0 Å². The lowest BCUT2D eigenvalue weighted by atomic mass is 10.1. The van der Waals surface area contributed by atoms with Gasteiger partial charge in [0.25, 0.3) is 0 Å². The van der Waals surface area contributed by atoms with Crippen LogP contribution in [0.3, 0.4) is 0 Å². The van der Waals surface area contributed by atoms with Crippen molar-refractivity contribution in [2.75, 3.05) is 6.61 Å². The Hall–Kier alpha value is -0.900. The molecular formula is C11H8Cl2FNO. The molecule has 1 N–H and O–H groups in total. The molecule has 0 bridgehead atoms. The molecule has 0 aliphatic carbocycles. The minimum atomic E-state index is -0.456. The molecule has 84 valence electrons. The van der Waals surface area contributed by atoms with E-state index in [1.54, 1.807) is 6.20 Å². The van der Waals surface area contributed by atoms with E-state index >= 15 is 0 Å². The third-order valence-corrected chi connectivity index (χ3v) is 3.01. The van der Waals surface area contributed by atoms with E-state index in [1.807, 2.05) is 0 Å². The maximum absolute atomic E-state index is 13.2. The van der Waals surface area contributed by atoms with E-state index in [2.05, 4.69) is 4.98 Å². The minimum absolute atomic E-state index is 0.0318. The van der Waals surface area contributed by atoms with E-state index < -0.39 is 5.82 Å². The van der Waals surface area contributed by atoms with Gasteiger partial charge in [-0.1, -0.05) is 23.2 Å². The number of benzene rings is 1. The van der Waals surface area contributed by atoms with Gasteiger partial charge >= 0.3 is 0 Å². The maximum Gasteiger partial charge on any atom is 0.125 e. The molecule has 5 heteroatoms. The molecule has 2 aromatic rings. The molecule has 1 heterocycles. The van der Waals surface area contributed by atoms with Crippen molar-refractivity contribution in [2.24, 2.45) is 0 Å². The topological polar surface area (TPSA) is 33.1 Å². The molecular weight excluding hydrogens is 252 g/mol. The smallest absolute Gasteiger partial charge is 0.125 e. The molecule has 1 aromatic heterocycles. The van der Waals surface area contributed by atoms with Crippen molar-refractivity contribution in [3.8, 4) is 0 Å². The molecule has 0 aliphatic heterocycles. The molecule has 16 heavy (non-hydrogen) atoms. The van der Waals surface area contributed by atoms with E-state index in [4.69, 9.17) is 28.3 Å². The molecule has 1 aromatic carbocycles. The molecule has 0 radical (unpaired) electrons. The first-order valence-electron chi connectivity index (χ1n) is 4.66. The normalized spacial score (nSPS) is 11.0. The van der Waals surface area contributed by atoms with Crippen molar-refractivity contribution in [1.29, 1.82) is 0 Å². The van der Waals surface area contributed by atoms with Crippen LogP contribution < -0.4 is 0 Å². The quantitative estimate of drug-likeness (QED) is 0.899. The van der Waals surface area contributed by atoms with Gasteiger partial charge in [-0.05, 0) is 24.1 Å². The lowest BCUT2D eigenvalue weighted by Gasteiger charge is -2.07. The van der Waals surface area contributed by atoms with Crippen molar-refractivity contribution in [2.45, 2.75) is 6.42 Å². The second kappa shape index (κ2) is 4.53. The predicted molar refractivity (Wildman–Crippen MR) is 62.5 cm³/mol. The number of hydrogen-bond acceptors (Lipinski definition) is 2. The fourth-order valence-electron chi connectivity index (χ4n) is 1.53. The number of aliphatic hydroxyl groups is 1. The molecule has 0 amide bonds. The summed E-state index contributed by atoms with van der Waals surface area (Å²) in [6, 6.07) is 2.48. The van der Waals surface area contributed by atoms with E-state index in [9.17, 15) is 4.39 Å². The standard InChI is InChI=1S/C11H8Cl2FNO/c12-9-4-7(14)3-8-10(13)6(1-2-16)5-15-11(8)9/h3-5,16H,1-2H2. The molecule has 0 unspecified atom stereocenters. The summed E-state index contributed by atoms with van der Waals surface area (Å²) in [5.74, 6) is -0.456. The lowest BCUT2D eigenvalue weighted by Crippen LogP contribution is -1.95. The van der Waals surface area contributed by atoms with Crippen molar-refractivity contribution >= 4 is 34.1 Å². The Morgan fingerprint density at radius 2 is 2.06 bits per heavy atom. The number of aliphatic hydroxyl groups excluding tert-OH is 1. The lowest BCUT2D eigenvalue weighted by molar-refractivity contribution is 0.299. The second-order valence-corrected chi connectivity index (χ2v) is 4.14. The fourth-order valence-corrected chi connectivity index (χ4v) is 2.07. The number of rotatable bonds is 2. The number of fused-ring (bicyclic) bond motifs is 1. The summed E-state index contributed by atoms with van der Waals surface area (Å²) < 4.78 is 13.2. The van der Waals surface area contributed by atoms with E-state index in [0.717, 1.165) is 0 Å². The van der Waals surface area contributed by atoms with Crippen molar-refractivity contribution < 1.29 is 9.50 Å². The Kier molecular flexibility index (Phi) is 3.28. The van der Waals surface area contributed by atoms with Crippen LogP contribution in [0.2, 0.25) is 10.0 Å². The van der Waals surface area contributed by atoms with Gasteiger partial charge in [-0.3, -0.25) is 4.98 Å². The van der Waals surface area contributed by atoms with Gasteiger partial charge in [0.2, 0.25) is 0 Å². The number of aromatic nitrogens is 1. The Bertz CT molecular complexity index is 545. The fraction of sp³-hybridized carbons (Fsp3) is 0.182. The van der Waals surface area contributed by atoms with Gasteiger partial charge in [-0.2, -0.15) is 0 Å². The first kappa shape index (κ1) is 11.6. The zero-order valence-corrected chi connectivity index (χ0v) is 9.69. The van der Waals surface area contributed by atoms with Crippen LogP contribution in [0, 0.1) is 5.82 Å². The van der Waals surface area contributed by atoms with E-state index in [1.165, 1.54) is 12.1 Å². The third-order valence-electron chi connectivity index (χ3n) is 2.28. The summed E-state index contributed by atoms with van der Waals surface area (Å²) >= 11 is 11.9. The molecule has 0 spiro atoms. The highest BCUT2D eigenvalue weighted by Gasteiger charge is 2.10. The molecule has 0 atom stereocenters. The highest BCUT2D eigenvalue weighted by Crippen LogP contribution is 2.31. The highest BCUT2D eigenvalue weighted by molar-refractivity contribution is 6.39. The maximum atomic E-state index is 13.2. The number of hydrogen-bond donors (Lipinski definition) is 1. The summed E-state index contributed by atoms with van der Waals surface area (Å²) in [4.78, 5) is 4.11. The van der Waals surface area contributed by atoms with Gasteiger partial charge in [0, 0.05) is 18.2 Å². The minimum Gasteiger partial charge on any atom is -0.396 e. The molecule has 2 rings (SSSR count). The van der Waals surface area contributed by atoms with Crippen molar-refractivity contribution in [3.05, 3.63) is 39.8 Å². The molecule has 0 aliphatic rings. The molecule has 0 saturated heterocycles. The zero-order valence-electron chi connectivity index (χ0n) is 8.17. The van der Waals surface area contributed by atoms with Gasteiger partial charge in [0.1, 0.15) is 5.82 Å². The van der Waals surface area contributed by atoms with Crippen LogP contribution in [0.4, 0.5) is 4.39 Å². The van der Waals surface area contributed by atoms with E-state index in [-0.39, 0.29) is 11.6 Å². The van der Waals surface area contributed by atoms with Crippen molar-refractivity contribution in [3.63, 3.8) is 0 Å². The average molecular weight is 260 g/mol. The summed E-state index contributed by atoms with van der Waals surface area (Å²) in [5.41, 5.74) is 1.15. The zero-order chi connectivity index (χ0) is 11.7. The Morgan fingerprint density at radius 3 is 2.75 bits per heavy atom. The molecule has 2 nitrogen and oxygen atoms in total. The van der Waals surface area contributed by atoms with Crippen LogP contribution >= 0.6 is 23.2 Å². The average Bonchev–Trinajstić information content (AvgIpc) is 2.23. The Balaban J connectivity index is 2.73. The summed E-state index contributed by atoms with van der Waals surface area (Å²) in [6.45, 7) is -0.0318. The van der Waals surface area contributed by atoms with Gasteiger partial charge in [-0.25, -0.2) is 4.39 Å². The summed E-state index contributed by atoms with van der Waals surface area (Å²) in [5, 5.41) is 9.93. The first-order chi connectivity index (χ1) is 7.63. The van der Waals surface area contributed by atoms with Crippen LogP contribution in [0.1, 0.15) is 5.56 Å². The van der Waals surface area contributed by atoms with Crippen LogP contribution in [0.25, 0.3) is 10.9 Å². The Morgan fingerprint density at radius 1 is 1.31 bits per heavy atom.